The third-order valence-corrected chi connectivity index (χ3v) is 7.67. The summed E-state index contributed by atoms with van der Waals surface area (Å²) >= 11 is 0. The number of cyclic esters (lactones) is 1. The summed E-state index contributed by atoms with van der Waals surface area (Å²) in [5.74, 6) is -2.74. The highest BCUT2D eigenvalue weighted by atomic mass is 19.2. The number of benzene rings is 2. The Kier molecular flexibility index (Phi) is 7.13. The van der Waals surface area contributed by atoms with Crippen molar-refractivity contribution < 1.29 is 32.2 Å². The Bertz CT molecular complexity index is 1190. The van der Waals surface area contributed by atoms with Gasteiger partial charge in [0.05, 0.1) is 18.8 Å². The second-order valence-electron chi connectivity index (χ2n) is 9.92. The average Bonchev–Trinajstić information content (AvgIpc) is 3.46. The van der Waals surface area contributed by atoms with Crippen molar-refractivity contribution in [3.05, 3.63) is 70.5 Å². The molecule has 2 aromatic rings. The second kappa shape index (κ2) is 10.3. The zero-order valence-electron chi connectivity index (χ0n) is 20.7. The van der Waals surface area contributed by atoms with Gasteiger partial charge >= 0.3 is 6.09 Å². The number of likely N-dealkylation sites (N-methyl/N-ethyl adjacent to an activating group) is 1. The highest BCUT2D eigenvalue weighted by Crippen LogP contribution is 2.44. The minimum atomic E-state index is -1.09. The van der Waals surface area contributed by atoms with Gasteiger partial charge in [-0.25, -0.2) is 18.0 Å². The van der Waals surface area contributed by atoms with E-state index in [1.165, 1.54) is 21.9 Å². The lowest BCUT2D eigenvalue weighted by Crippen LogP contribution is -2.44. The predicted octanol–water partition coefficient (Wildman–Crippen LogP) is 3.97. The van der Waals surface area contributed by atoms with E-state index in [2.05, 4.69) is 4.90 Å². The number of carbonyl (C=O) groups is 2. The molecule has 2 saturated heterocycles. The molecular formula is C27H30F3N3O4. The molecule has 198 valence electrons. The van der Waals surface area contributed by atoms with Crippen LogP contribution in [-0.4, -0.2) is 73.1 Å². The van der Waals surface area contributed by atoms with Gasteiger partial charge in [-0.3, -0.25) is 9.69 Å². The normalized spacial score (nSPS) is 19.7. The quantitative estimate of drug-likeness (QED) is 0.557. The van der Waals surface area contributed by atoms with E-state index in [0.29, 0.717) is 19.6 Å². The third kappa shape index (κ3) is 5.04. The van der Waals surface area contributed by atoms with Crippen LogP contribution in [0.3, 0.4) is 0 Å². The number of rotatable bonds is 7. The van der Waals surface area contributed by atoms with Crippen LogP contribution in [0.25, 0.3) is 0 Å². The van der Waals surface area contributed by atoms with Crippen LogP contribution in [0.4, 0.5) is 18.0 Å². The molecule has 0 N–H and O–H groups in total. The molecule has 0 radical (unpaired) electrons. The summed E-state index contributed by atoms with van der Waals surface area (Å²) in [6.07, 6.45) is 1.58. The maximum Gasteiger partial charge on any atom is 0.410 e. The van der Waals surface area contributed by atoms with Crippen LogP contribution >= 0.6 is 0 Å². The number of ether oxygens (including phenoxy) is 2. The van der Waals surface area contributed by atoms with Gasteiger partial charge in [-0.1, -0.05) is 12.1 Å². The Morgan fingerprint density at radius 1 is 1.08 bits per heavy atom. The number of amides is 2. The number of fused-ring (bicyclic) bond motifs is 2. The highest BCUT2D eigenvalue weighted by Gasteiger charge is 2.43. The van der Waals surface area contributed by atoms with Crippen LogP contribution in [0.2, 0.25) is 0 Å². The topological polar surface area (TPSA) is 62.3 Å². The molecular weight excluding hydrogens is 487 g/mol. The summed E-state index contributed by atoms with van der Waals surface area (Å²) in [4.78, 5) is 30.7. The van der Waals surface area contributed by atoms with Gasteiger partial charge in [-0.05, 0) is 66.8 Å². The minimum absolute atomic E-state index is 0.132. The molecule has 0 aromatic heterocycles. The first kappa shape index (κ1) is 25.5. The number of hydrogen-bond donors (Lipinski definition) is 0. The molecule has 2 fully saturated rings. The second-order valence-corrected chi connectivity index (χ2v) is 9.92. The summed E-state index contributed by atoms with van der Waals surface area (Å²) in [7, 11) is 1.64. The van der Waals surface area contributed by atoms with Crippen LogP contribution < -0.4 is 0 Å². The summed E-state index contributed by atoms with van der Waals surface area (Å²) in [5.41, 5.74) is 1.78. The van der Waals surface area contributed by atoms with Crippen molar-refractivity contribution >= 4 is 12.0 Å². The standard InChI is InChI=1S/C27H30F3N3O4/c1-31(25(34)24(33-13-14-36-26(33)35)18-4-6-22(29)23(30)15-18)9-2-10-32-11-7-27(8-12-32)21-16-20(28)5-3-19(21)17-37-27/h3-6,15-16,24H,2,7-14,17H2,1H3. The van der Waals surface area contributed by atoms with Crippen LogP contribution in [0, 0.1) is 17.5 Å². The number of piperidine rings is 1. The van der Waals surface area contributed by atoms with E-state index < -0.39 is 29.4 Å². The monoisotopic (exact) mass is 517 g/mol. The Labute approximate surface area is 213 Å². The van der Waals surface area contributed by atoms with Crippen molar-refractivity contribution in [2.45, 2.75) is 37.5 Å². The van der Waals surface area contributed by atoms with Crippen molar-refractivity contribution in [3.8, 4) is 0 Å². The lowest BCUT2D eigenvalue weighted by Gasteiger charge is -2.39. The molecule has 0 saturated carbocycles. The van der Waals surface area contributed by atoms with E-state index in [9.17, 15) is 22.8 Å². The molecule has 2 amide bonds. The summed E-state index contributed by atoms with van der Waals surface area (Å²) in [6.45, 7) is 3.60. The fourth-order valence-corrected chi connectivity index (χ4v) is 5.57. The lowest BCUT2D eigenvalue weighted by molar-refractivity contribution is -0.134. The molecule has 1 spiro atoms. The molecule has 1 atom stereocenters. The molecule has 5 rings (SSSR count). The molecule has 0 aliphatic carbocycles. The van der Waals surface area contributed by atoms with Crippen LogP contribution in [0.15, 0.2) is 36.4 Å². The molecule has 3 aliphatic heterocycles. The molecule has 7 nitrogen and oxygen atoms in total. The van der Waals surface area contributed by atoms with Crippen molar-refractivity contribution in [2.24, 2.45) is 0 Å². The smallest absolute Gasteiger partial charge is 0.410 e. The van der Waals surface area contributed by atoms with Crippen molar-refractivity contribution in [3.63, 3.8) is 0 Å². The largest absolute Gasteiger partial charge is 0.448 e. The van der Waals surface area contributed by atoms with Gasteiger partial charge in [0, 0.05) is 26.7 Å². The minimum Gasteiger partial charge on any atom is -0.448 e. The van der Waals surface area contributed by atoms with Gasteiger partial charge in [0.15, 0.2) is 11.6 Å². The molecule has 3 heterocycles. The van der Waals surface area contributed by atoms with Crippen molar-refractivity contribution in [1.82, 2.24) is 14.7 Å². The fourth-order valence-electron chi connectivity index (χ4n) is 5.57. The van der Waals surface area contributed by atoms with E-state index in [1.54, 1.807) is 19.2 Å². The maximum absolute atomic E-state index is 13.9. The van der Waals surface area contributed by atoms with Crippen molar-refractivity contribution in [1.29, 1.82) is 0 Å². The lowest BCUT2D eigenvalue weighted by atomic mass is 9.83. The van der Waals surface area contributed by atoms with Gasteiger partial charge < -0.3 is 19.3 Å². The average molecular weight is 518 g/mol. The summed E-state index contributed by atoms with van der Waals surface area (Å²) in [5, 5.41) is 0. The van der Waals surface area contributed by atoms with E-state index in [0.717, 1.165) is 55.7 Å². The molecule has 37 heavy (non-hydrogen) atoms. The highest BCUT2D eigenvalue weighted by molar-refractivity contribution is 5.87. The Morgan fingerprint density at radius 3 is 2.57 bits per heavy atom. The van der Waals surface area contributed by atoms with Gasteiger partial charge in [-0.2, -0.15) is 0 Å². The van der Waals surface area contributed by atoms with E-state index in [4.69, 9.17) is 9.47 Å². The maximum atomic E-state index is 13.9. The number of nitrogens with zero attached hydrogens (tertiary/aromatic N) is 3. The SMILES string of the molecule is CN(CCCN1CCC2(CC1)OCc1ccc(F)cc12)C(=O)C(c1ccc(F)c(F)c1)N1CCOC1=O. The first-order chi connectivity index (χ1) is 17.8. The zero-order valence-corrected chi connectivity index (χ0v) is 20.7. The Hall–Kier alpha value is -3.11. The van der Waals surface area contributed by atoms with Crippen molar-refractivity contribution in [2.75, 3.05) is 46.4 Å². The third-order valence-electron chi connectivity index (χ3n) is 7.67. The van der Waals surface area contributed by atoms with Crippen LogP contribution in [-0.2, 0) is 26.5 Å². The van der Waals surface area contributed by atoms with Crippen LogP contribution in [0.5, 0.6) is 0 Å². The summed E-state index contributed by atoms with van der Waals surface area (Å²) < 4.78 is 52.4. The number of hydrogen-bond acceptors (Lipinski definition) is 5. The zero-order chi connectivity index (χ0) is 26.2. The van der Waals surface area contributed by atoms with E-state index in [1.807, 2.05) is 0 Å². The first-order valence-corrected chi connectivity index (χ1v) is 12.6. The van der Waals surface area contributed by atoms with E-state index in [-0.39, 0.29) is 30.4 Å². The Morgan fingerprint density at radius 2 is 1.86 bits per heavy atom. The first-order valence-electron chi connectivity index (χ1n) is 12.6. The van der Waals surface area contributed by atoms with Gasteiger partial charge in [-0.15, -0.1) is 0 Å². The molecule has 2 aromatic carbocycles. The van der Waals surface area contributed by atoms with Gasteiger partial charge in [0.1, 0.15) is 18.5 Å². The van der Waals surface area contributed by atoms with Gasteiger partial charge in [0.25, 0.3) is 0 Å². The van der Waals surface area contributed by atoms with E-state index >= 15 is 0 Å². The number of halogens is 3. The Balaban J connectivity index is 1.17. The number of carbonyl (C=O) groups excluding carboxylic acids is 2. The number of likely N-dealkylation sites (tertiary alicyclic amines) is 1. The summed E-state index contributed by atoms with van der Waals surface area (Å²) in [6, 6.07) is 7.00. The van der Waals surface area contributed by atoms with Crippen LogP contribution in [0.1, 0.15) is 42.0 Å². The van der Waals surface area contributed by atoms with Gasteiger partial charge in [0.2, 0.25) is 5.91 Å². The molecule has 3 aliphatic rings. The molecule has 10 heteroatoms. The predicted molar refractivity (Wildman–Crippen MR) is 128 cm³/mol. The molecule has 1 unspecified atom stereocenters. The molecule has 0 bridgehead atoms. The fraction of sp³-hybridized carbons (Fsp3) is 0.481.